The normalized spacial score (nSPS) is 16.4. The van der Waals surface area contributed by atoms with Gasteiger partial charge in [-0.15, -0.1) is 5.10 Å². The summed E-state index contributed by atoms with van der Waals surface area (Å²) in [6.07, 6.45) is 14.5. The molecule has 1 aliphatic rings. The van der Waals surface area contributed by atoms with Crippen LogP contribution in [-0.2, 0) is 0 Å². The predicted molar refractivity (Wildman–Crippen MR) is 92.1 cm³/mol. The molecule has 0 atom stereocenters. The molecule has 0 radical (unpaired) electrons. The van der Waals surface area contributed by atoms with Gasteiger partial charge in [0.1, 0.15) is 0 Å². The summed E-state index contributed by atoms with van der Waals surface area (Å²) in [5, 5.41) is 14.6. The van der Waals surface area contributed by atoms with E-state index in [9.17, 15) is 0 Å². The molecule has 1 aromatic carbocycles. The van der Waals surface area contributed by atoms with Gasteiger partial charge in [0.25, 0.3) is 0 Å². The third-order valence-corrected chi connectivity index (χ3v) is 4.50. The molecule has 1 fully saturated rings. The van der Waals surface area contributed by atoms with Crippen LogP contribution in [0.25, 0.3) is 10.8 Å². The van der Waals surface area contributed by atoms with E-state index in [1.54, 1.807) is 6.20 Å². The summed E-state index contributed by atoms with van der Waals surface area (Å²) >= 11 is 0. The lowest BCUT2D eigenvalue weighted by Crippen LogP contribution is -2.05. The minimum Gasteiger partial charge on any atom is -0.260 e. The maximum absolute atomic E-state index is 4.30. The number of benzene rings is 1. The van der Waals surface area contributed by atoms with Crippen LogP contribution in [-0.4, -0.2) is 16.4 Å². The first kappa shape index (κ1) is 14.9. The van der Waals surface area contributed by atoms with Crippen LogP contribution in [0.4, 0.5) is 5.82 Å². The van der Waals surface area contributed by atoms with Crippen LogP contribution in [0, 0.1) is 5.92 Å². The molecule has 0 amide bonds. The largest absolute Gasteiger partial charge is 0.260 e. The molecule has 22 heavy (non-hydrogen) atoms. The van der Waals surface area contributed by atoms with E-state index in [0.717, 1.165) is 28.9 Å². The molecule has 116 valence electrons. The lowest BCUT2D eigenvalue weighted by atomic mass is 9.86. The van der Waals surface area contributed by atoms with Gasteiger partial charge in [-0.05, 0) is 18.8 Å². The summed E-state index contributed by atoms with van der Waals surface area (Å²) in [6.45, 7) is 0. The fraction of sp³-hybridized carbons (Fsp3) is 0.500. The molecule has 1 saturated carbocycles. The SMILES string of the molecule is C(/CCCC1CCCCC1)=N/Nc1nncc2ccccc12. The third-order valence-electron chi connectivity index (χ3n) is 4.50. The Morgan fingerprint density at radius 1 is 1.18 bits per heavy atom. The molecular formula is C18H24N4. The highest BCUT2D eigenvalue weighted by molar-refractivity contribution is 5.90. The van der Waals surface area contributed by atoms with E-state index < -0.39 is 0 Å². The van der Waals surface area contributed by atoms with Gasteiger partial charge in [-0.1, -0.05) is 62.8 Å². The summed E-state index contributed by atoms with van der Waals surface area (Å²) < 4.78 is 0. The van der Waals surface area contributed by atoms with Crippen LogP contribution < -0.4 is 5.43 Å². The van der Waals surface area contributed by atoms with Crippen LogP contribution in [0.1, 0.15) is 51.4 Å². The summed E-state index contributed by atoms with van der Waals surface area (Å²) in [4.78, 5) is 0. The molecule has 1 aliphatic carbocycles. The number of rotatable bonds is 6. The van der Waals surface area contributed by atoms with Crippen molar-refractivity contribution in [3.05, 3.63) is 30.5 Å². The Morgan fingerprint density at radius 3 is 2.95 bits per heavy atom. The lowest BCUT2D eigenvalue weighted by molar-refractivity contribution is 0.334. The van der Waals surface area contributed by atoms with E-state index in [-0.39, 0.29) is 0 Å². The smallest absolute Gasteiger partial charge is 0.176 e. The lowest BCUT2D eigenvalue weighted by Gasteiger charge is -2.20. The van der Waals surface area contributed by atoms with Gasteiger partial charge >= 0.3 is 0 Å². The summed E-state index contributed by atoms with van der Waals surface area (Å²) in [5.74, 6) is 1.68. The number of nitrogens with zero attached hydrogens (tertiary/aromatic N) is 3. The highest BCUT2D eigenvalue weighted by Gasteiger charge is 2.12. The maximum Gasteiger partial charge on any atom is 0.176 e. The highest BCUT2D eigenvalue weighted by atomic mass is 15.3. The number of fused-ring (bicyclic) bond motifs is 1. The monoisotopic (exact) mass is 296 g/mol. The zero-order chi connectivity index (χ0) is 15.0. The van der Waals surface area contributed by atoms with E-state index in [1.165, 1.54) is 44.9 Å². The van der Waals surface area contributed by atoms with Gasteiger partial charge in [0, 0.05) is 17.0 Å². The van der Waals surface area contributed by atoms with Crippen molar-refractivity contribution in [1.82, 2.24) is 10.2 Å². The van der Waals surface area contributed by atoms with Crippen molar-refractivity contribution in [1.29, 1.82) is 0 Å². The topological polar surface area (TPSA) is 50.2 Å². The van der Waals surface area contributed by atoms with Gasteiger partial charge in [0.15, 0.2) is 5.82 Å². The van der Waals surface area contributed by atoms with E-state index >= 15 is 0 Å². The van der Waals surface area contributed by atoms with E-state index in [1.807, 2.05) is 30.5 Å². The Labute approximate surface area is 132 Å². The third kappa shape index (κ3) is 4.03. The molecule has 1 aromatic heterocycles. The van der Waals surface area contributed by atoms with Crippen molar-refractivity contribution in [3.8, 4) is 0 Å². The van der Waals surface area contributed by atoms with Crippen molar-refractivity contribution < 1.29 is 0 Å². The van der Waals surface area contributed by atoms with Crippen molar-refractivity contribution >= 4 is 22.8 Å². The average molecular weight is 296 g/mol. The highest BCUT2D eigenvalue weighted by Crippen LogP contribution is 2.27. The molecule has 4 heteroatoms. The van der Waals surface area contributed by atoms with Crippen LogP contribution in [0.3, 0.4) is 0 Å². The van der Waals surface area contributed by atoms with Gasteiger partial charge in [-0.2, -0.15) is 10.2 Å². The quantitative estimate of drug-likeness (QED) is 0.474. The second-order valence-corrected chi connectivity index (χ2v) is 6.14. The van der Waals surface area contributed by atoms with Crippen LogP contribution in [0.15, 0.2) is 35.6 Å². The van der Waals surface area contributed by atoms with Crippen molar-refractivity contribution in [2.24, 2.45) is 11.0 Å². The average Bonchev–Trinajstić information content (AvgIpc) is 2.59. The molecule has 0 bridgehead atoms. The molecular weight excluding hydrogens is 272 g/mol. The summed E-state index contributed by atoms with van der Waals surface area (Å²) in [6, 6.07) is 8.07. The Balaban J connectivity index is 1.45. The Morgan fingerprint density at radius 2 is 2.05 bits per heavy atom. The van der Waals surface area contributed by atoms with Crippen molar-refractivity contribution in [2.45, 2.75) is 51.4 Å². The van der Waals surface area contributed by atoms with E-state index in [0.29, 0.717) is 0 Å². The second-order valence-electron chi connectivity index (χ2n) is 6.14. The van der Waals surface area contributed by atoms with Gasteiger partial charge < -0.3 is 0 Å². The van der Waals surface area contributed by atoms with Crippen molar-refractivity contribution in [2.75, 3.05) is 5.43 Å². The number of nitrogens with one attached hydrogen (secondary N) is 1. The molecule has 0 unspecified atom stereocenters. The number of hydrogen-bond donors (Lipinski definition) is 1. The van der Waals surface area contributed by atoms with Crippen molar-refractivity contribution in [3.63, 3.8) is 0 Å². The first-order valence-electron chi connectivity index (χ1n) is 8.41. The second kappa shape index (κ2) is 7.87. The maximum atomic E-state index is 4.30. The number of anilines is 1. The minimum atomic E-state index is 0.724. The van der Waals surface area contributed by atoms with Gasteiger partial charge in [0.05, 0.1) is 6.20 Å². The Bertz CT molecular complexity index is 612. The first-order chi connectivity index (χ1) is 10.9. The summed E-state index contributed by atoms with van der Waals surface area (Å²) in [7, 11) is 0. The zero-order valence-electron chi connectivity index (χ0n) is 13.0. The Hall–Kier alpha value is -1.97. The number of unbranched alkanes of at least 4 members (excludes halogenated alkanes) is 1. The fourth-order valence-corrected chi connectivity index (χ4v) is 3.26. The van der Waals surface area contributed by atoms with Gasteiger partial charge in [-0.25, -0.2) is 0 Å². The molecule has 0 aliphatic heterocycles. The number of hydrogen-bond acceptors (Lipinski definition) is 4. The minimum absolute atomic E-state index is 0.724. The first-order valence-corrected chi connectivity index (χ1v) is 8.41. The molecule has 0 saturated heterocycles. The van der Waals surface area contributed by atoms with Crippen LogP contribution in [0.2, 0.25) is 0 Å². The molecule has 1 heterocycles. The van der Waals surface area contributed by atoms with Crippen LogP contribution in [0.5, 0.6) is 0 Å². The fourth-order valence-electron chi connectivity index (χ4n) is 3.26. The zero-order valence-corrected chi connectivity index (χ0v) is 13.0. The molecule has 4 nitrogen and oxygen atoms in total. The molecule has 1 N–H and O–H groups in total. The summed E-state index contributed by atoms with van der Waals surface area (Å²) in [5.41, 5.74) is 3.02. The number of aromatic nitrogens is 2. The van der Waals surface area contributed by atoms with Gasteiger partial charge in [0.2, 0.25) is 0 Å². The Kier molecular flexibility index (Phi) is 5.35. The van der Waals surface area contributed by atoms with Gasteiger partial charge in [-0.3, -0.25) is 5.43 Å². The van der Waals surface area contributed by atoms with E-state index in [2.05, 4.69) is 20.7 Å². The molecule has 2 aromatic rings. The standard InChI is InChI=1S/C18H24N4/c1-2-8-15(9-3-1)10-6-7-13-19-21-18-17-12-5-4-11-16(17)14-20-22-18/h4-5,11-15H,1-3,6-10H2,(H,21,22)/b19-13-. The predicted octanol–water partition coefficient (Wildman–Crippen LogP) is 4.78. The van der Waals surface area contributed by atoms with Crippen LogP contribution >= 0.6 is 0 Å². The number of hydrazone groups is 1. The molecule has 0 spiro atoms. The van der Waals surface area contributed by atoms with E-state index in [4.69, 9.17) is 0 Å². The molecule has 3 rings (SSSR count).